The van der Waals surface area contributed by atoms with E-state index >= 15 is 0 Å². The largest absolute Gasteiger partial charge is 0.368 e. The van der Waals surface area contributed by atoms with Crippen LogP contribution in [-0.4, -0.2) is 41.1 Å². The first kappa shape index (κ1) is 13.4. The second-order valence-electron chi connectivity index (χ2n) is 4.69. The van der Waals surface area contributed by atoms with Gasteiger partial charge in [0.2, 0.25) is 0 Å². The first-order valence-corrected chi connectivity index (χ1v) is 6.53. The smallest absolute Gasteiger partial charge is 0.158 e. The Morgan fingerprint density at radius 1 is 1.33 bits per heavy atom. The molecule has 1 aromatic rings. The highest BCUT2D eigenvalue weighted by Crippen LogP contribution is 2.21. The Morgan fingerprint density at radius 2 is 2.00 bits per heavy atom. The fourth-order valence-corrected chi connectivity index (χ4v) is 2.35. The average Bonchev–Trinajstić information content (AvgIpc) is 2.38. The number of aryl methyl sites for hydroxylation is 2. The zero-order chi connectivity index (χ0) is 13.1. The fourth-order valence-electron chi connectivity index (χ4n) is 2.35. The number of hydrogen-bond donors (Lipinski definition) is 1. The van der Waals surface area contributed by atoms with Crippen LogP contribution < -0.4 is 5.73 Å². The summed E-state index contributed by atoms with van der Waals surface area (Å²) in [6.07, 6.45) is -0.0112. The topological polar surface area (TPSA) is 64.3 Å². The summed E-state index contributed by atoms with van der Waals surface area (Å²) < 4.78 is 5.78. The highest BCUT2D eigenvalue weighted by atomic mass is 16.5. The van der Waals surface area contributed by atoms with Gasteiger partial charge in [0.1, 0.15) is 6.10 Å². The van der Waals surface area contributed by atoms with Crippen LogP contribution in [0.2, 0.25) is 0 Å². The number of hydrogen-bond acceptors (Lipinski definition) is 5. The second kappa shape index (κ2) is 5.73. The van der Waals surface area contributed by atoms with Gasteiger partial charge in [-0.3, -0.25) is 4.90 Å². The van der Waals surface area contributed by atoms with Crippen LogP contribution in [0.25, 0.3) is 0 Å². The number of nitrogens with two attached hydrogens (primary N) is 1. The monoisotopic (exact) mass is 250 g/mol. The molecule has 0 aliphatic carbocycles. The lowest BCUT2D eigenvalue weighted by molar-refractivity contribution is -0.0327. The maximum Gasteiger partial charge on any atom is 0.158 e. The quantitative estimate of drug-likeness (QED) is 0.865. The van der Waals surface area contributed by atoms with Gasteiger partial charge in [-0.05, 0) is 20.4 Å². The van der Waals surface area contributed by atoms with E-state index in [2.05, 4.69) is 21.8 Å². The van der Waals surface area contributed by atoms with Crippen molar-refractivity contribution in [2.24, 2.45) is 5.73 Å². The van der Waals surface area contributed by atoms with Crippen LogP contribution in [0.4, 0.5) is 0 Å². The summed E-state index contributed by atoms with van der Waals surface area (Å²) >= 11 is 0. The molecule has 2 heterocycles. The van der Waals surface area contributed by atoms with Crippen molar-refractivity contribution < 1.29 is 4.74 Å². The lowest BCUT2D eigenvalue weighted by Crippen LogP contribution is -2.38. The van der Waals surface area contributed by atoms with Crippen LogP contribution in [-0.2, 0) is 11.3 Å². The molecule has 0 saturated carbocycles. The molecule has 0 spiro atoms. The normalized spacial score (nSPS) is 21.2. The van der Waals surface area contributed by atoms with Gasteiger partial charge in [-0.1, -0.05) is 6.92 Å². The number of rotatable bonds is 3. The molecule has 1 aromatic heterocycles. The molecular formula is C13H22N4O. The van der Waals surface area contributed by atoms with E-state index in [1.807, 2.05) is 13.8 Å². The highest BCUT2D eigenvalue weighted by Gasteiger charge is 2.24. The van der Waals surface area contributed by atoms with Gasteiger partial charge in [-0.2, -0.15) is 0 Å². The number of aromatic nitrogens is 2. The summed E-state index contributed by atoms with van der Waals surface area (Å²) in [6, 6.07) is 0. The second-order valence-corrected chi connectivity index (χ2v) is 4.69. The van der Waals surface area contributed by atoms with Crippen molar-refractivity contribution >= 4 is 0 Å². The van der Waals surface area contributed by atoms with Crippen molar-refractivity contribution in [2.45, 2.75) is 33.4 Å². The minimum absolute atomic E-state index is 0.0112. The van der Waals surface area contributed by atoms with E-state index in [0.717, 1.165) is 49.0 Å². The van der Waals surface area contributed by atoms with Crippen LogP contribution in [0.3, 0.4) is 0 Å². The van der Waals surface area contributed by atoms with Crippen LogP contribution >= 0.6 is 0 Å². The Bertz CT molecular complexity index is 398. The number of morpholine rings is 1. The lowest BCUT2D eigenvalue weighted by Gasteiger charge is -2.31. The van der Waals surface area contributed by atoms with E-state index in [-0.39, 0.29) is 6.10 Å². The molecular weight excluding hydrogens is 228 g/mol. The summed E-state index contributed by atoms with van der Waals surface area (Å²) in [5.41, 5.74) is 8.69. The molecule has 2 N–H and O–H groups in total. The van der Waals surface area contributed by atoms with Crippen molar-refractivity contribution in [3.05, 3.63) is 22.8 Å². The number of likely N-dealkylation sites (N-methyl/N-ethyl adjacent to an activating group) is 1. The summed E-state index contributed by atoms with van der Waals surface area (Å²) in [7, 11) is 0. The molecule has 1 saturated heterocycles. The van der Waals surface area contributed by atoms with E-state index in [4.69, 9.17) is 10.5 Å². The summed E-state index contributed by atoms with van der Waals surface area (Å²) in [5, 5.41) is 0. The predicted octanol–water partition coefficient (Wildman–Crippen LogP) is 0.945. The molecule has 100 valence electrons. The van der Waals surface area contributed by atoms with Gasteiger partial charge in [0.15, 0.2) is 5.82 Å². The highest BCUT2D eigenvalue weighted by molar-refractivity contribution is 5.24. The zero-order valence-electron chi connectivity index (χ0n) is 11.4. The Kier molecular flexibility index (Phi) is 4.27. The van der Waals surface area contributed by atoms with Crippen molar-refractivity contribution in [1.82, 2.24) is 14.9 Å². The first-order chi connectivity index (χ1) is 8.65. The molecule has 5 nitrogen and oxygen atoms in total. The predicted molar refractivity (Wildman–Crippen MR) is 70.2 cm³/mol. The van der Waals surface area contributed by atoms with Gasteiger partial charge in [-0.25, -0.2) is 9.97 Å². The average molecular weight is 250 g/mol. The molecule has 0 aromatic carbocycles. The molecule has 1 atom stereocenters. The molecule has 1 aliphatic heterocycles. The molecule has 5 heteroatoms. The van der Waals surface area contributed by atoms with E-state index < -0.39 is 0 Å². The van der Waals surface area contributed by atoms with Gasteiger partial charge < -0.3 is 10.5 Å². The Hall–Kier alpha value is -1.04. The van der Waals surface area contributed by atoms with Gasteiger partial charge in [0.05, 0.1) is 6.61 Å². The van der Waals surface area contributed by atoms with Gasteiger partial charge in [0.25, 0.3) is 0 Å². The number of nitrogens with zero attached hydrogens (tertiary/aromatic N) is 3. The molecule has 0 bridgehead atoms. The van der Waals surface area contributed by atoms with Gasteiger partial charge in [0, 0.05) is 36.6 Å². The molecule has 1 aliphatic rings. The number of ether oxygens (including phenoxy) is 1. The molecule has 1 fully saturated rings. The third-order valence-corrected chi connectivity index (χ3v) is 3.53. The van der Waals surface area contributed by atoms with E-state index in [0.29, 0.717) is 6.54 Å². The standard InChI is InChI=1S/C13H22N4O/c1-4-17-5-6-18-12(8-17)13-15-9(2)11(7-14)10(3)16-13/h12H,4-8,14H2,1-3H3. The Labute approximate surface area is 108 Å². The van der Waals surface area contributed by atoms with Crippen molar-refractivity contribution in [3.63, 3.8) is 0 Å². The molecule has 2 rings (SSSR count). The molecule has 0 radical (unpaired) electrons. The molecule has 1 unspecified atom stereocenters. The van der Waals surface area contributed by atoms with Gasteiger partial charge >= 0.3 is 0 Å². The molecule has 18 heavy (non-hydrogen) atoms. The fraction of sp³-hybridized carbons (Fsp3) is 0.692. The summed E-state index contributed by atoms with van der Waals surface area (Å²) in [4.78, 5) is 11.5. The van der Waals surface area contributed by atoms with Crippen molar-refractivity contribution in [2.75, 3.05) is 26.2 Å². The first-order valence-electron chi connectivity index (χ1n) is 6.53. The van der Waals surface area contributed by atoms with Crippen LogP contribution in [0, 0.1) is 13.8 Å². The maximum absolute atomic E-state index is 5.78. The van der Waals surface area contributed by atoms with E-state index in [1.165, 1.54) is 0 Å². The summed E-state index contributed by atoms with van der Waals surface area (Å²) in [5.74, 6) is 0.792. The Balaban J connectivity index is 2.23. The SMILES string of the molecule is CCN1CCOC(c2nc(C)c(CN)c(C)n2)C1. The third-order valence-electron chi connectivity index (χ3n) is 3.53. The van der Waals surface area contributed by atoms with Crippen molar-refractivity contribution in [3.8, 4) is 0 Å². The molecule has 0 amide bonds. The minimum atomic E-state index is -0.0112. The third kappa shape index (κ3) is 2.68. The van der Waals surface area contributed by atoms with E-state index in [9.17, 15) is 0 Å². The van der Waals surface area contributed by atoms with E-state index in [1.54, 1.807) is 0 Å². The lowest BCUT2D eigenvalue weighted by atomic mass is 10.1. The summed E-state index contributed by atoms with van der Waals surface area (Å²) in [6.45, 7) is 10.3. The Morgan fingerprint density at radius 3 is 2.56 bits per heavy atom. The minimum Gasteiger partial charge on any atom is -0.368 e. The van der Waals surface area contributed by atoms with Crippen LogP contribution in [0.1, 0.15) is 35.8 Å². The zero-order valence-corrected chi connectivity index (χ0v) is 11.4. The van der Waals surface area contributed by atoms with Gasteiger partial charge in [-0.15, -0.1) is 0 Å². The van der Waals surface area contributed by atoms with Crippen molar-refractivity contribution in [1.29, 1.82) is 0 Å². The van der Waals surface area contributed by atoms with Crippen LogP contribution in [0.5, 0.6) is 0 Å². The maximum atomic E-state index is 5.78. The van der Waals surface area contributed by atoms with Crippen LogP contribution in [0.15, 0.2) is 0 Å².